The minimum absolute atomic E-state index is 0.359. The maximum atomic E-state index is 11.6. The first kappa shape index (κ1) is 17.2. The molecule has 0 saturated carbocycles. The van der Waals surface area contributed by atoms with Crippen molar-refractivity contribution < 1.29 is 9.53 Å². The van der Waals surface area contributed by atoms with Crippen molar-refractivity contribution >= 4 is 17.1 Å². The number of anilines is 1. The van der Waals surface area contributed by atoms with Gasteiger partial charge in [-0.05, 0) is 18.9 Å². The van der Waals surface area contributed by atoms with Crippen LogP contribution >= 0.6 is 0 Å². The summed E-state index contributed by atoms with van der Waals surface area (Å²) in [6.07, 6.45) is 10.1. The van der Waals surface area contributed by atoms with Gasteiger partial charge in [0.2, 0.25) is 5.88 Å². The molecule has 9 nitrogen and oxygen atoms in total. The molecule has 1 N–H and O–H groups in total. The van der Waals surface area contributed by atoms with Gasteiger partial charge in [0.25, 0.3) is 5.91 Å². The summed E-state index contributed by atoms with van der Waals surface area (Å²) in [7, 11) is 1.84. The predicted molar refractivity (Wildman–Crippen MR) is 102 cm³/mol. The zero-order chi connectivity index (χ0) is 19.5. The summed E-state index contributed by atoms with van der Waals surface area (Å²) in [5.74, 6) is 5.31. The third-order valence-corrected chi connectivity index (χ3v) is 3.78. The number of carbonyl (C=O) groups is 1. The van der Waals surface area contributed by atoms with E-state index in [1.807, 2.05) is 13.2 Å². The Balaban J connectivity index is 1.68. The molecule has 0 aliphatic rings. The Morgan fingerprint density at radius 1 is 1.21 bits per heavy atom. The number of fused-ring (bicyclic) bond motifs is 1. The van der Waals surface area contributed by atoms with Crippen LogP contribution < -0.4 is 10.1 Å². The van der Waals surface area contributed by atoms with E-state index in [0.717, 1.165) is 5.56 Å². The lowest BCUT2D eigenvalue weighted by Gasteiger charge is -2.09. The summed E-state index contributed by atoms with van der Waals surface area (Å²) < 4.78 is 9.33. The molecular formula is C19H15N7O2. The zero-order valence-corrected chi connectivity index (χ0v) is 15.1. The summed E-state index contributed by atoms with van der Waals surface area (Å²) in [6, 6.07) is 3.44. The Morgan fingerprint density at radius 2 is 2.11 bits per heavy atom. The second-order valence-electron chi connectivity index (χ2n) is 5.84. The van der Waals surface area contributed by atoms with Crippen LogP contribution in [0.3, 0.4) is 0 Å². The molecule has 4 heterocycles. The topological polar surface area (TPSA) is 99.2 Å². The van der Waals surface area contributed by atoms with Crippen molar-refractivity contribution in [3.05, 3.63) is 49.3 Å². The van der Waals surface area contributed by atoms with Crippen LogP contribution in [0, 0.1) is 11.8 Å². The van der Waals surface area contributed by atoms with Crippen molar-refractivity contribution in [1.82, 2.24) is 29.4 Å². The van der Waals surface area contributed by atoms with E-state index in [4.69, 9.17) is 4.74 Å². The average molecular weight is 373 g/mol. The minimum Gasteiger partial charge on any atom is -0.435 e. The summed E-state index contributed by atoms with van der Waals surface area (Å²) in [4.78, 5) is 20.3. The molecule has 0 fully saturated rings. The fraction of sp³-hybridized carbons (Fsp3) is 0.105. The zero-order valence-electron chi connectivity index (χ0n) is 15.1. The van der Waals surface area contributed by atoms with E-state index in [-0.39, 0.29) is 0 Å². The molecule has 0 unspecified atom stereocenters. The van der Waals surface area contributed by atoms with E-state index in [2.05, 4.69) is 37.3 Å². The number of nitrogens with zero attached hydrogens (tertiary/aromatic N) is 6. The largest absolute Gasteiger partial charge is 0.435 e. The summed E-state index contributed by atoms with van der Waals surface area (Å²) in [5, 5.41) is 11.1. The van der Waals surface area contributed by atoms with Gasteiger partial charge in [-0.15, -0.1) is 0 Å². The van der Waals surface area contributed by atoms with E-state index in [0.29, 0.717) is 28.5 Å². The van der Waals surface area contributed by atoms with Crippen molar-refractivity contribution in [2.24, 2.45) is 7.05 Å². The summed E-state index contributed by atoms with van der Waals surface area (Å²) in [5.41, 5.74) is 2.66. The van der Waals surface area contributed by atoms with Gasteiger partial charge in [-0.25, -0.2) is 9.50 Å². The van der Waals surface area contributed by atoms with Gasteiger partial charge in [-0.3, -0.25) is 14.5 Å². The number of hydrogen-bond acceptors (Lipinski definition) is 6. The molecule has 0 atom stereocenters. The Hall–Kier alpha value is -4.19. The van der Waals surface area contributed by atoms with Crippen molar-refractivity contribution in [2.75, 3.05) is 5.32 Å². The second kappa shape index (κ2) is 7.20. The molecule has 4 rings (SSSR count). The Kier molecular flexibility index (Phi) is 4.43. The van der Waals surface area contributed by atoms with Gasteiger partial charge in [-0.1, -0.05) is 5.92 Å². The van der Waals surface area contributed by atoms with Crippen molar-refractivity contribution in [1.29, 1.82) is 0 Å². The lowest BCUT2D eigenvalue weighted by Crippen LogP contribution is -2.08. The number of aryl methyl sites for hydroxylation is 1. The van der Waals surface area contributed by atoms with Crippen molar-refractivity contribution in [3.8, 4) is 34.7 Å². The van der Waals surface area contributed by atoms with Gasteiger partial charge in [0, 0.05) is 24.9 Å². The molecule has 0 aromatic carbocycles. The number of amides is 1. The Labute approximate surface area is 160 Å². The normalized spacial score (nSPS) is 10.4. The predicted octanol–water partition coefficient (Wildman–Crippen LogP) is 2.28. The highest BCUT2D eigenvalue weighted by Gasteiger charge is 2.13. The molecule has 0 spiro atoms. The molecule has 0 saturated heterocycles. The molecule has 0 radical (unpaired) electrons. The molecule has 0 aliphatic carbocycles. The van der Waals surface area contributed by atoms with Crippen LogP contribution in [0.5, 0.6) is 11.6 Å². The van der Waals surface area contributed by atoms with Crippen molar-refractivity contribution in [2.45, 2.75) is 6.92 Å². The van der Waals surface area contributed by atoms with Crippen LogP contribution in [0.25, 0.3) is 16.8 Å². The Morgan fingerprint density at radius 3 is 2.89 bits per heavy atom. The molecule has 0 aliphatic heterocycles. The van der Waals surface area contributed by atoms with E-state index in [9.17, 15) is 4.79 Å². The molecule has 138 valence electrons. The standard InChI is InChI=1S/C19H15N7O2/c1-3-4-18(27)23-14-7-15(10-20-9-14)28-19-17-5-6-21-26(17)12-16(24-19)13-8-22-25(2)11-13/h5-12H,1-2H3,(H,23,27). The third kappa shape index (κ3) is 3.52. The van der Waals surface area contributed by atoms with E-state index < -0.39 is 5.91 Å². The van der Waals surface area contributed by atoms with E-state index in [1.165, 1.54) is 12.4 Å². The number of aromatic nitrogens is 6. The van der Waals surface area contributed by atoms with E-state index in [1.54, 1.807) is 46.8 Å². The average Bonchev–Trinajstić information content (AvgIpc) is 3.31. The van der Waals surface area contributed by atoms with E-state index >= 15 is 0 Å². The number of nitrogens with one attached hydrogen (secondary N) is 1. The smallest absolute Gasteiger partial charge is 0.300 e. The number of ether oxygens (including phenoxy) is 1. The third-order valence-electron chi connectivity index (χ3n) is 3.78. The molecule has 9 heteroatoms. The first-order valence-electron chi connectivity index (χ1n) is 8.32. The van der Waals surface area contributed by atoms with Gasteiger partial charge in [-0.2, -0.15) is 10.2 Å². The minimum atomic E-state index is -0.420. The monoisotopic (exact) mass is 373 g/mol. The van der Waals surface area contributed by atoms with Gasteiger partial charge in [0.05, 0.1) is 42.4 Å². The number of rotatable bonds is 4. The summed E-state index contributed by atoms with van der Waals surface area (Å²) in [6.45, 7) is 1.59. The quantitative estimate of drug-likeness (QED) is 0.551. The first-order chi connectivity index (χ1) is 13.6. The molecule has 1 amide bonds. The van der Waals surface area contributed by atoms with Crippen LogP contribution in [-0.2, 0) is 11.8 Å². The highest BCUT2D eigenvalue weighted by atomic mass is 16.5. The SMILES string of the molecule is CC#CC(=O)Nc1cncc(Oc2nc(-c3cnn(C)c3)cn3nccc23)c1. The number of hydrogen-bond donors (Lipinski definition) is 1. The molecule has 4 aromatic heterocycles. The van der Waals surface area contributed by atoms with Crippen LogP contribution in [-0.4, -0.2) is 35.3 Å². The van der Waals surface area contributed by atoms with Crippen LogP contribution in [0.15, 0.2) is 49.3 Å². The second-order valence-corrected chi connectivity index (χ2v) is 5.84. The van der Waals surface area contributed by atoms with Crippen LogP contribution in [0.1, 0.15) is 6.92 Å². The lowest BCUT2D eigenvalue weighted by molar-refractivity contribution is -0.111. The number of carbonyl (C=O) groups excluding carboxylic acids is 1. The van der Waals surface area contributed by atoms with Gasteiger partial charge in [0.15, 0.2) is 0 Å². The van der Waals surface area contributed by atoms with Gasteiger partial charge >= 0.3 is 0 Å². The number of pyridine rings is 1. The molecular weight excluding hydrogens is 358 g/mol. The van der Waals surface area contributed by atoms with Crippen LogP contribution in [0.4, 0.5) is 5.69 Å². The maximum Gasteiger partial charge on any atom is 0.300 e. The summed E-state index contributed by atoms with van der Waals surface area (Å²) >= 11 is 0. The van der Waals surface area contributed by atoms with Crippen LogP contribution in [0.2, 0.25) is 0 Å². The molecule has 0 bridgehead atoms. The molecule has 4 aromatic rings. The fourth-order valence-corrected chi connectivity index (χ4v) is 2.60. The molecule has 28 heavy (non-hydrogen) atoms. The highest BCUT2D eigenvalue weighted by Crippen LogP contribution is 2.28. The van der Waals surface area contributed by atoms with Crippen molar-refractivity contribution in [3.63, 3.8) is 0 Å². The Bertz CT molecular complexity index is 1230. The highest BCUT2D eigenvalue weighted by molar-refractivity contribution is 6.03. The van der Waals surface area contributed by atoms with Gasteiger partial charge in [0.1, 0.15) is 11.3 Å². The first-order valence-corrected chi connectivity index (χ1v) is 8.32. The van der Waals surface area contributed by atoms with Gasteiger partial charge < -0.3 is 10.1 Å². The maximum absolute atomic E-state index is 11.6. The fourth-order valence-electron chi connectivity index (χ4n) is 2.60. The lowest BCUT2D eigenvalue weighted by atomic mass is 10.2.